The Labute approximate surface area is 94.7 Å². The van der Waals surface area contributed by atoms with E-state index in [4.69, 9.17) is 4.74 Å². The topological polar surface area (TPSA) is 9.23 Å². The van der Waals surface area contributed by atoms with Gasteiger partial charge in [0.05, 0.1) is 6.61 Å². The maximum Gasteiger partial charge on any atom is 0.174 e. The molecule has 0 aliphatic carbocycles. The smallest absolute Gasteiger partial charge is 0.174 e. The molecule has 0 fully saturated rings. The Morgan fingerprint density at radius 1 is 1.20 bits per heavy atom. The van der Waals surface area contributed by atoms with Crippen molar-refractivity contribution in [3.8, 4) is 5.06 Å². The van der Waals surface area contributed by atoms with Crippen LogP contribution in [0.3, 0.4) is 0 Å². The third kappa shape index (κ3) is 2.32. The zero-order valence-electron chi connectivity index (χ0n) is 9.25. The van der Waals surface area contributed by atoms with E-state index < -0.39 is 0 Å². The van der Waals surface area contributed by atoms with E-state index in [1.165, 1.54) is 22.1 Å². The van der Waals surface area contributed by atoms with Crippen LogP contribution in [0.5, 0.6) is 5.06 Å². The van der Waals surface area contributed by atoms with Crippen molar-refractivity contribution in [2.75, 3.05) is 6.61 Å². The lowest BCUT2D eigenvalue weighted by Crippen LogP contribution is -1.86. The van der Waals surface area contributed by atoms with Crippen LogP contribution in [0, 0.1) is 0 Å². The van der Waals surface area contributed by atoms with E-state index in [0.29, 0.717) is 0 Å². The van der Waals surface area contributed by atoms with Gasteiger partial charge in [-0.25, -0.2) is 0 Å². The first-order valence-electron chi connectivity index (χ1n) is 5.48. The highest BCUT2D eigenvalue weighted by atomic mass is 32.1. The van der Waals surface area contributed by atoms with Crippen LogP contribution in [0.1, 0.15) is 25.8 Å². The van der Waals surface area contributed by atoms with Crippen LogP contribution in [0.4, 0.5) is 0 Å². The fraction of sp³-hybridized carbons (Fsp3) is 0.385. The van der Waals surface area contributed by atoms with E-state index in [-0.39, 0.29) is 0 Å². The van der Waals surface area contributed by atoms with Gasteiger partial charge in [-0.15, -0.1) is 0 Å². The Kier molecular flexibility index (Phi) is 3.27. The highest BCUT2D eigenvalue weighted by Gasteiger charge is 2.02. The average Bonchev–Trinajstić information content (AvgIpc) is 2.60. The number of benzene rings is 1. The molecule has 0 saturated heterocycles. The first-order valence-corrected chi connectivity index (χ1v) is 6.30. The first kappa shape index (κ1) is 10.5. The maximum absolute atomic E-state index is 5.51. The molecule has 1 aromatic carbocycles. The Morgan fingerprint density at radius 3 is 2.80 bits per heavy atom. The number of ether oxygens (including phenoxy) is 1. The molecule has 2 rings (SSSR count). The van der Waals surface area contributed by atoms with E-state index in [1.807, 2.05) is 6.92 Å². The van der Waals surface area contributed by atoms with Crippen molar-refractivity contribution in [2.24, 2.45) is 0 Å². The van der Waals surface area contributed by atoms with Gasteiger partial charge in [0, 0.05) is 4.70 Å². The third-order valence-corrected chi connectivity index (χ3v) is 3.40. The van der Waals surface area contributed by atoms with Gasteiger partial charge in [-0.2, -0.15) is 0 Å². The summed E-state index contributed by atoms with van der Waals surface area (Å²) in [5.74, 6) is 0. The molecule has 80 valence electrons. The largest absolute Gasteiger partial charge is 0.484 e. The molecular weight excluding hydrogens is 204 g/mol. The second-order valence-electron chi connectivity index (χ2n) is 3.62. The predicted octanol–water partition coefficient (Wildman–Crippen LogP) is 4.25. The van der Waals surface area contributed by atoms with Crippen molar-refractivity contribution in [2.45, 2.75) is 26.7 Å². The first-order chi connectivity index (χ1) is 7.33. The number of rotatable bonds is 4. The fourth-order valence-corrected chi connectivity index (χ4v) is 2.74. The van der Waals surface area contributed by atoms with E-state index in [9.17, 15) is 0 Å². The minimum Gasteiger partial charge on any atom is -0.484 e. The van der Waals surface area contributed by atoms with Crippen molar-refractivity contribution in [3.63, 3.8) is 0 Å². The molecule has 1 nitrogen and oxygen atoms in total. The van der Waals surface area contributed by atoms with Crippen LogP contribution in [0.15, 0.2) is 24.3 Å². The lowest BCUT2D eigenvalue weighted by Gasteiger charge is -1.97. The standard InChI is InChI=1S/C13H16OS/c1-3-5-10-6-7-11-9-13(14-4-2)15-12(11)8-10/h6-9H,3-5H2,1-2H3. The molecule has 1 aromatic heterocycles. The predicted molar refractivity (Wildman–Crippen MR) is 67.0 cm³/mol. The zero-order valence-corrected chi connectivity index (χ0v) is 10.1. The molecule has 0 amide bonds. The molecule has 0 unspecified atom stereocenters. The van der Waals surface area contributed by atoms with Crippen LogP contribution in [-0.2, 0) is 6.42 Å². The number of hydrogen-bond donors (Lipinski definition) is 0. The summed E-state index contributed by atoms with van der Waals surface area (Å²) in [4.78, 5) is 0. The van der Waals surface area contributed by atoms with Crippen molar-refractivity contribution < 1.29 is 4.74 Å². The van der Waals surface area contributed by atoms with Crippen molar-refractivity contribution >= 4 is 21.4 Å². The molecule has 0 spiro atoms. The van der Waals surface area contributed by atoms with Gasteiger partial charge in [0.25, 0.3) is 0 Å². The SMILES string of the molecule is CCCc1ccc2cc(OCC)sc2c1. The van der Waals surface area contributed by atoms with Gasteiger partial charge < -0.3 is 4.74 Å². The maximum atomic E-state index is 5.51. The molecule has 0 atom stereocenters. The molecule has 0 saturated carbocycles. The molecule has 0 N–H and O–H groups in total. The molecule has 2 aromatic rings. The molecule has 1 heterocycles. The van der Waals surface area contributed by atoms with Crippen LogP contribution in [-0.4, -0.2) is 6.61 Å². The van der Waals surface area contributed by atoms with Gasteiger partial charge in [-0.05, 0) is 36.4 Å². The van der Waals surface area contributed by atoms with Crippen LogP contribution in [0.25, 0.3) is 10.1 Å². The molecule has 0 radical (unpaired) electrons. The normalized spacial score (nSPS) is 10.8. The quantitative estimate of drug-likeness (QED) is 0.748. The molecule has 0 bridgehead atoms. The Bertz CT molecular complexity index is 441. The summed E-state index contributed by atoms with van der Waals surface area (Å²) in [5.41, 5.74) is 1.43. The summed E-state index contributed by atoms with van der Waals surface area (Å²) in [5, 5.41) is 2.32. The summed E-state index contributed by atoms with van der Waals surface area (Å²) in [6.07, 6.45) is 2.37. The number of aryl methyl sites for hydroxylation is 1. The number of thiophene rings is 1. The molecule has 15 heavy (non-hydrogen) atoms. The van der Waals surface area contributed by atoms with E-state index in [2.05, 4.69) is 31.2 Å². The zero-order chi connectivity index (χ0) is 10.7. The van der Waals surface area contributed by atoms with Crippen molar-refractivity contribution in [3.05, 3.63) is 29.8 Å². The van der Waals surface area contributed by atoms with E-state index in [0.717, 1.165) is 18.1 Å². The van der Waals surface area contributed by atoms with Gasteiger partial charge in [-0.3, -0.25) is 0 Å². The summed E-state index contributed by atoms with van der Waals surface area (Å²) in [7, 11) is 0. The summed E-state index contributed by atoms with van der Waals surface area (Å²) < 4.78 is 6.85. The minimum atomic E-state index is 0.745. The second kappa shape index (κ2) is 4.67. The van der Waals surface area contributed by atoms with Crippen LogP contribution < -0.4 is 4.74 Å². The highest BCUT2D eigenvalue weighted by Crippen LogP contribution is 2.32. The Balaban J connectivity index is 2.34. The lowest BCUT2D eigenvalue weighted by molar-refractivity contribution is 0.350. The van der Waals surface area contributed by atoms with Gasteiger partial charge in [0.2, 0.25) is 0 Å². The van der Waals surface area contributed by atoms with Gasteiger partial charge in [0.1, 0.15) is 0 Å². The number of hydrogen-bond acceptors (Lipinski definition) is 2. The van der Waals surface area contributed by atoms with Crippen LogP contribution in [0.2, 0.25) is 0 Å². The molecule has 2 heteroatoms. The van der Waals surface area contributed by atoms with Gasteiger partial charge in [0.15, 0.2) is 5.06 Å². The molecule has 0 aliphatic rings. The van der Waals surface area contributed by atoms with Crippen molar-refractivity contribution in [1.82, 2.24) is 0 Å². The monoisotopic (exact) mass is 220 g/mol. The lowest BCUT2D eigenvalue weighted by atomic mass is 10.1. The molecular formula is C13H16OS. The number of fused-ring (bicyclic) bond motifs is 1. The second-order valence-corrected chi connectivity index (χ2v) is 4.67. The van der Waals surface area contributed by atoms with Crippen molar-refractivity contribution in [1.29, 1.82) is 0 Å². The van der Waals surface area contributed by atoms with E-state index in [1.54, 1.807) is 11.3 Å². The van der Waals surface area contributed by atoms with Gasteiger partial charge >= 0.3 is 0 Å². The Morgan fingerprint density at radius 2 is 2.07 bits per heavy atom. The average molecular weight is 220 g/mol. The minimum absolute atomic E-state index is 0.745. The van der Waals surface area contributed by atoms with E-state index >= 15 is 0 Å². The third-order valence-electron chi connectivity index (χ3n) is 2.39. The Hall–Kier alpha value is -1.02. The molecule has 0 aliphatic heterocycles. The summed E-state index contributed by atoms with van der Waals surface area (Å²) in [6.45, 7) is 4.98. The highest BCUT2D eigenvalue weighted by molar-refractivity contribution is 7.20. The van der Waals surface area contributed by atoms with Crippen LogP contribution >= 0.6 is 11.3 Å². The summed E-state index contributed by atoms with van der Waals surface area (Å²) in [6, 6.07) is 8.82. The van der Waals surface area contributed by atoms with Gasteiger partial charge in [-0.1, -0.05) is 36.8 Å². The summed E-state index contributed by atoms with van der Waals surface area (Å²) >= 11 is 1.74. The fourth-order valence-electron chi connectivity index (χ4n) is 1.71.